The van der Waals surface area contributed by atoms with Crippen molar-refractivity contribution >= 4 is 11.5 Å². The number of benzene rings is 3. The van der Waals surface area contributed by atoms with Crippen LogP contribution in [0.4, 0.5) is 5.69 Å². The first-order valence-corrected chi connectivity index (χ1v) is 9.97. The molecule has 0 saturated heterocycles. The summed E-state index contributed by atoms with van der Waals surface area (Å²) in [6.07, 6.45) is 0. The van der Waals surface area contributed by atoms with E-state index in [1.54, 1.807) is 24.3 Å². The molecule has 0 amide bonds. The number of nitrogens with zero attached hydrogens (tertiary/aromatic N) is 1. The number of amidine groups is 1. The highest BCUT2D eigenvalue weighted by Gasteiger charge is 2.18. The molecule has 0 spiro atoms. The molecule has 0 saturated carbocycles. The summed E-state index contributed by atoms with van der Waals surface area (Å²) in [5, 5.41) is 20.7. The van der Waals surface area contributed by atoms with Gasteiger partial charge in [0.1, 0.15) is 11.5 Å². The number of phenols is 2. The minimum Gasteiger partial charge on any atom is -0.508 e. The van der Waals surface area contributed by atoms with Crippen LogP contribution in [0.15, 0.2) is 65.7 Å². The van der Waals surface area contributed by atoms with Crippen molar-refractivity contribution in [1.29, 1.82) is 0 Å². The van der Waals surface area contributed by atoms with Crippen LogP contribution >= 0.6 is 0 Å². The third-order valence-corrected chi connectivity index (χ3v) is 4.87. The van der Waals surface area contributed by atoms with E-state index in [1.807, 2.05) is 44.2 Å². The van der Waals surface area contributed by atoms with Gasteiger partial charge >= 0.3 is 0 Å². The lowest BCUT2D eigenvalue weighted by Crippen LogP contribution is -2.25. The van der Waals surface area contributed by atoms with Crippen molar-refractivity contribution in [3.05, 3.63) is 77.4 Å². The number of ether oxygens (including phenoxy) is 2. The summed E-state index contributed by atoms with van der Waals surface area (Å²) in [4.78, 5) is 10.3. The van der Waals surface area contributed by atoms with Crippen molar-refractivity contribution in [1.82, 2.24) is 5.48 Å². The van der Waals surface area contributed by atoms with Crippen LogP contribution in [-0.2, 0) is 11.4 Å². The molecule has 0 unspecified atom stereocenters. The first kappa shape index (κ1) is 20.6. The Hall–Kier alpha value is -3.71. The van der Waals surface area contributed by atoms with E-state index >= 15 is 0 Å². The van der Waals surface area contributed by atoms with E-state index in [0.29, 0.717) is 40.8 Å². The highest BCUT2D eigenvalue weighted by molar-refractivity contribution is 6.02. The Bertz CT molecular complexity index is 1100. The SMILES string of the molecule is CC(C)c1cc(C(=Nc2ccc3c(c2)OCO3)NOCc2ccccc2)c(O)cc1O. The molecule has 0 aliphatic carbocycles. The van der Waals surface area contributed by atoms with Gasteiger partial charge in [0.05, 0.1) is 17.9 Å². The smallest absolute Gasteiger partial charge is 0.231 e. The maximum atomic E-state index is 10.5. The van der Waals surface area contributed by atoms with Gasteiger partial charge in [0, 0.05) is 12.1 Å². The van der Waals surface area contributed by atoms with Crippen molar-refractivity contribution in [3.63, 3.8) is 0 Å². The van der Waals surface area contributed by atoms with Crippen LogP contribution in [-0.4, -0.2) is 22.8 Å². The van der Waals surface area contributed by atoms with Gasteiger partial charge in [-0.3, -0.25) is 4.84 Å². The molecule has 1 aliphatic heterocycles. The van der Waals surface area contributed by atoms with Gasteiger partial charge in [-0.25, -0.2) is 10.5 Å². The second-order valence-corrected chi connectivity index (χ2v) is 7.46. The van der Waals surface area contributed by atoms with E-state index in [0.717, 1.165) is 5.56 Å². The number of aromatic hydroxyl groups is 2. The topological polar surface area (TPSA) is 92.5 Å². The van der Waals surface area contributed by atoms with Gasteiger partial charge in [0.15, 0.2) is 17.3 Å². The van der Waals surface area contributed by atoms with E-state index < -0.39 is 0 Å². The lowest BCUT2D eigenvalue weighted by molar-refractivity contribution is 0.0715. The quantitative estimate of drug-likeness (QED) is 0.303. The van der Waals surface area contributed by atoms with Gasteiger partial charge in [-0.1, -0.05) is 44.2 Å². The van der Waals surface area contributed by atoms with Gasteiger partial charge in [-0.15, -0.1) is 0 Å². The van der Waals surface area contributed by atoms with Crippen LogP contribution in [0, 0.1) is 0 Å². The van der Waals surface area contributed by atoms with Crippen LogP contribution < -0.4 is 15.0 Å². The van der Waals surface area contributed by atoms with Crippen molar-refractivity contribution < 1.29 is 24.5 Å². The molecule has 3 aromatic rings. The number of fused-ring (bicyclic) bond motifs is 1. The highest BCUT2D eigenvalue weighted by atomic mass is 16.7. The van der Waals surface area contributed by atoms with Crippen LogP contribution in [0.3, 0.4) is 0 Å². The summed E-state index contributed by atoms with van der Waals surface area (Å²) in [6, 6.07) is 18.0. The first-order chi connectivity index (χ1) is 15.0. The van der Waals surface area contributed by atoms with Gasteiger partial charge in [-0.2, -0.15) is 0 Å². The Balaban J connectivity index is 1.68. The van der Waals surface area contributed by atoms with E-state index in [2.05, 4.69) is 10.5 Å². The summed E-state index contributed by atoms with van der Waals surface area (Å²) >= 11 is 0. The van der Waals surface area contributed by atoms with Crippen LogP contribution in [0.5, 0.6) is 23.0 Å². The van der Waals surface area contributed by atoms with Gasteiger partial charge in [0.2, 0.25) is 6.79 Å². The molecule has 1 aliphatic rings. The number of hydrogen-bond acceptors (Lipinski definition) is 6. The largest absolute Gasteiger partial charge is 0.508 e. The highest BCUT2D eigenvalue weighted by Crippen LogP contribution is 2.36. The molecule has 3 aromatic carbocycles. The zero-order valence-corrected chi connectivity index (χ0v) is 17.3. The average molecular weight is 420 g/mol. The molecule has 1 heterocycles. The Morgan fingerprint density at radius 1 is 1.00 bits per heavy atom. The number of hydrogen-bond donors (Lipinski definition) is 3. The maximum Gasteiger partial charge on any atom is 0.231 e. The first-order valence-electron chi connectivity index (χ1n) is 9.97. The second kappa shape index (κ2) is 8.97. The van der Waals surface area contributed by atoms with Crippen LogP contribution in [0.2, 0.25) is 0 Å². The molecular formula is C24H24N2O5. The fraction of sp³-hybridized carbons (Fsp3) is 0.208. The monoisotopic (exact) mass is 420 g/mol. The number of aliphatic imine (C=N–C) groups is 1. The molecule has 0 atom stereocenters. The average Bonchev–Trinajstić information content (AvgIpc) is 3.22. The predicted molar refractivity (Wildman–Crippen MR) is 117 cm³/mol. The molecule has 160 valence electrons. The fourth-order valence-corrected chi connectivity index (χ4v) is 3.23. The minimum absolute atomic E-state index is 0.0314. The summed E-state index contributed by atoms with van der Waals surface area (Å²) in [5.74, 6) is 1.53. The molecule has 4 rings (SSSR count). The molecular weight excluding hydrogens is 396 g/mol. The maximum absolute atomic E-state index is 10.5. The third kappa shape index (κ3) is 4.73. The Kier molecular flexibility index (Phi) is 5.95. The van der Waals surface area contributed by atoms with Gasteiger partial charge in [-0.05, 0) is 35.2 Å². The molecule has 0 fully saturated rings. The number of rotatable bonds is 6. The summed E-state index contributed by atoms with van der Waals surface area (Å²) in [5.41, 5.74) is 5.54. The molecule has 31 heavy (non-hydrogen) atoms. The van der Waals surface area contributed by atoms with Crippen molar-refractivity contribution in [3.8, 4) is 23.0 Å². The Morgan fingerprint density at radius 2 is 1.77 bits per heavy atom. The van der Waals surface area contributed by atoms with E-state index in [-0.39, 0.29) is 24.2 Å². The molecule has 0 radical (unpaired) electrons. The summed E-state index contributed by atoms with van der Waals surface area (Å²) in [6.45, 7) is 4.40. The van der Waals surface area contributed by atoms with E-state index in [4.69, 9.17) is 14.3 Å². The number of hydroxylamine groups is 1. The van der Waals surface area contributed by atoms with Gasteiger partial charge < -0.3 is 19.7 Å². The summed E-state index contributed by atoms with van der Waals surface area (Å²) in [7, 11) is 0. The predicted octanol–water partition coefficient (Wildman–Crippen LogP) is 4.75. The molecule has 7 heteroatoms. The standard InChI is InChI=1S/C24H24N2O5/c1-15(2)18-11-19(21(28)12-20(18)27)24(26-31-13-16-6-4-3-5-7-16)25-17-8-9-22-23(10-17)30-14-29-22/h3-12,15,27-28H,13-14H2,1-2H3,(H,25,26). The van der Waals surface area contributed by atoms with Crippen molar-refractivity contribution in [2.75, 3.05) is 6.79 Å². The van der Waals surface area contributed by atoms with E-state index in [9.17, 15) is 10.2 Å². The van der Waals surface area contributed by atoms with Crippen molar-refractivity contribution in [2.45, 2.75) is 26.4 Å². The van der Waals surface area contributed by atoms with Crippen LogP contribution in [0.1, 0.15) is 36.5 Å². The summed E-state index contributed by atoms with van der Waals surface area (Å²) < 4.78 is 10.8. The zero-order valence-electron chi connectivity index (χ0n) is 17.3. The molecule has 3 N–H and O–H groups in total. The lowest BCUT2D eigenvalue weighted by Gasteiger charge is -2.16. The third-order valence-electron chi connectivity index (χ3n) is 4.87. The van der Waals surface area contributed by atoms with Crippen molar-refractivity contribution in [2.24, 2.45) is 4.99 Å². The Morgan fingerprint density at radius 3 is 2.55 bits per heavy atom. The number of phenolic OH excluding ortho intramolecular Hbond substituents is 2. The second-order valence-electron chi connectivity index (χ2n) is 7.46. The minimum atomic E-state index is -0.114. The fourth-order valence-electron chi connectivity index (χ4n) is 3.23. The van der Waals surface area contributed by atoms with E-state index in [1.165, 1.54) is 6.07 Å². The molecule has 7 nitrogen and oxygen atoms in total. The van der Waals surface area contributed by atoms with Crippen LogP contribution in [0.25, 0.3) is 0 Å². The lowest BCUT2D eigenvalue weighted by atomic mass is 9.98. The normalized spacial score (nSPS) is 12.9. The van der Waals surface area contributed by atoms with Gasteiger partial charge in [0.25, 0.3) is 0 Å². The molecule has 0 aromatic heterocycles. The molecule has 0 bridgehead atoms. The zero-order chi connectivity index (χ0) is 21.8. The Labute approximate surface area is 180 Å². The number of nitrogens with one attached hydrogen (secondary N) is 1.